The van der Waals surface area contributed by atoms with E-state index in [0.29, 0.717) is 37.7 Å². The molecule has 0 aliphatic carbocycles. The Kier molecular flexibility index (Phi) is 7.03. The third kappa shape index (κ3) is 5.15. The molecule has 1 N–H and O–H groups in total. The van der Waals surface area contributed by atoms with E-state index in [2.05, 4.69) is 10.1 Å². The maximum atomic E-state index is 12.6. The topological polar surface area (TPSA) is 111 Å². The maximum Gasteiger partial charge on any atom is 0.339 e. The summed E-state index contributed by atoms with van der Waals surface area (Å²) in [5.41, 5.74) is 0.538. The molecular weight excluding hydrogens is 412 g/mol. The minimum absolute atomic E-state index is 0.146. The van der Waals surface area contributed by atoms with Gasteiger partial charge in [-0.2, -0.15) is 4.31 Å². The Bertz CT molecular complexity index is 1000. The van der Waals surface area contributed by atoms with E-state index in [1.807, 2.05) is 0 Å². The average molecular weight is 434 g/mol. The third-order valence-electron chi connectivity index (χ3n) is 4.41. The van der Waals surface area contributed by atoms with Gasteiger partial charge in [-0.15, -0.1) is 0 Å². The number of esters is 1. The van der Waals surface area contributed by atoms with Gasteiger partial charge in [-0.05, 0) is 36.4 Å². The lowest BCUT2D eigenvalue weighted by Crippen LogP contribution is -2.40. The molecule has 2 aromatic rings. The minimum atomic E-state index is -3.59. The zero-order valence-electron chi connectivity index (χ0n) is 16.4. The maximum absolute atomic E-state index is 12.6. The molecule has 0 saturated carbocycles. The molecule has 30 heavy (non-hydrogen) atoms. The highest BCUT2D eigenvalue weighted by atomic mass is 32.2. The molecule has 0 unspecified atom stereocenters. The fraction of sp³-hybridized carbons (Fsp3) is 0.300. The van der Waals surface area contributed by atoms with Crippen LogP contribution in [0.25, 0.3) is 0 Å². The van der Waals surface area contributed by atoms with E-state index in [0.717, 1.165) is 0 Å². The molecule has 160 valence electrons. The zero-order chi connectivity index (χ0) is 21.6. The van der Waals surface area contributed by atoms with Crippen LogP contribution in [0.4, 0.5) is 5.69 Å². The van der Waals surface area contributed by atoms with Gasteiger partial charge in [0.2, 0.25) is 10.0 Å². The second-order valence-corrected chi connectivity index (χ2v) is 8.30. The Morgan fingerprint density at radius 2 is 1.73 bits per heavy atom. The van der Waals surface area contributed by atoms with Gasteiger partial charge in [0.15, 0.2) is 6.61 Å². The third-order valence-corrected chi connectivity index (χ3v) is 6.32. The molecule has 1 aliphatic heterocycles. The van der Waals surface area contributed by atoms with Gasteiger partial charge in [0.25, 0.3) is 5.91 Å². The van der Waals surface area contributed by atoms with Crippen LogP contribution in [0, 0.1) is 0 Å². The SMILES string of the molecule is COC(=O)c1ccccc1NC(=O)COc1ccc(S(=O)(=O)N2CCOCC2)cc1. The summed E-state index contributed by atoms with van der Waals surface area (Å²) >= 11 is 0. The van der Waals surface area contributed by atoms with Gasteiger partial charge in [-0.1, -0.05) is 12.1 Å². The van der Waals surface area contributed by atoms with Crippen molar-refractivity contribution in [2.45, 2.75) is 4.90 Å². The summed E-state index contributed by atoms with van der Waals surface area (Å²) in [5, 5.41) is 2.60. The summed E-state index contributed by atoms with van der Waals surface area (Å²) in [6.07, 6.45) is 0. The van der Waals surface area contributed by atoms with Crippen molar-refractivity contribution in [2.75, 3.05) is 45.3 Å². The van der Waals surface area contributed by atoms with E-state index in [1.54, 1.807) is 18.2 Å². The van der Waals surface area contributed by atoms with Crippen molar-refractivity contribution in [1.29, 1.82) is 0 Å². The lowest BCUT2D eigenvalue weighted by atomic mass is 10.2. The largest absolute Gasteiger partial charge is 0.484 e. The number of nitrogens with zero attached hydrogens (tertiary/aromatic N) is 1. The number of hydrogen-bond donors (Lipinski definition) is 1. The van der Waals surface area contributed by atoms with Crippen LogP contribution in [-0.2, 0) is 24.3 Å². The quantitative estimate of drug-likeness (QED) is 0.658. The monoisotopic (exact) mass is 434 g/mol. The van der Waals surface area contributed by atoms with E-state index < -0.39 is 21.9 Å². The molecule has 9 nitrogen and oxygen atoms in total. The first-order valence-corrected chi connectivity index (χ1v) is 10.6. The number of ether oxygens (including phenoxy) is 3. The second-order valence-electron chi connectivity index (χ2n) is 6.36. The van der Waals surface area contributed by atoms with E-state index in [9.17, 15) is 18.0 Å². The molecule has 0 atom stereocenters. The van der Waals surface area contributed by atoms with Crippen molar-refractivity contribution >= 4 is 27.6 Å². The Morgan fingerprint density at radius 3 is 2.40 bits per heavy atom. The van der Waals surface area contributed by atoms with Gasteiger partial charge in [0, 0.05) is 13.1 Å². The first-order chi connectivity index (χ1) is 14.4. The molecule has 0 aromatic heterocycles. The highest BCUT2D eigenvalue weighted by Gasteiger charge is 2.26. The predicted molar refractivity (Wildman–Crippen MR) is 108 cm³/mol. The van der Waals surface area contributed by atoms with Crippen molar-refractivity contribution in [3.63, 3.8) is 0 Å². The van der Waals surface area contributed by atoms with Crippen LogP contribution in [0.5, 0.6) is 5.75 Å². The molecule has 2 aromatic carbocycles. The van der Waals surface area contributed by atoms with Gasteiger partial charge in [-0.3, -0.25) is 4.79 Å². The van der Waals surface area contributed by atoms with Crippen molar-refractivity contribution in [3.05, 3.63) is 54.1 Å². The predicted octanol–water partition coefficient (Wildman–Crippen LogP) is 1.51. The molecular formula is C20H22N2O7S. The lowest BCUT2D eigenvalue weighted by Gasteiger charge is -2.26. The number of anilines is 1. The number of hydrogen-bond acceptors (Lipinski definition) is 7. The smallest absolute Gasteiger partial charge is 0.339 e. The van der Waals surface area contributed by atoms with Crippen LogP contribution in [-0.4, -0.2) is 64.6 Å². The van der Waals surface area contributed by atoms with Crippen LogP contribution < -0.4 is 10.1 Å². The average Bonchev–Trinajstić information content (AvgIpc) is 2.78. The molecule has 1 saturated heterocycles. The van der Waals surface area contributed by atoms with Crippen LogP contribution in [0.15, 0.2) is 53.4 Å². The van der Waals surface area contributed by atoms with E-state index in [4.69, 9.17) is 9.47 Å². The molecule has 3 rings (SSSR count). The summed E-state index contributed by atoms with van der Waals surface area (Å²) in [6, 6.07) is 12.3. The fourth-order valence-corrected chi connectivity index (χ4v) is 4.27. The van der Waals surface area contributed by atoms with E-state index in [1.165, 1.54) is 41.7 Å². The first kappa shape index (κ1) is 21.8. The number of rotatable bonds is 7. The number of carbonyl (C=O) groups is 2. The zero-order valence-corrected chi connectivity index (χ0v) is 17.2. The number of morpholine rings is 1. The van der Waals surface area contributed by atoms with Crippen LogP contribution in [0.3, 0.4) is 0 Å². The Labute approximate surface area is 174 Å². The molecule has 1 heterocycles. The summed E-state index contributed by atoms with van der Waals surface area (Å²) in [6.45, 7) is 1.05. The number of sulfonamides is 1. The molecule has 1 aliphatic rings. The molecule has 1 amide bonds. The summed E-state index contributed by atoms with van der Waals surface area (Å²) in [5.74, 6) is -0.701. The van der Waals surface area contributed by atoms with Gasteiger partial charge in [0.1, 0.15) is 5.75 Å². The number of benzene rings is 2. The van der Waals surface area contributed by atoms with E-state index >= 15 is 0 Å². The molecule has 0 bridgehead atoms. The van der Waals surface area contributed by atoms with E-state index in [-0.39, 0.29) is 17.1 Å². The number of para-hydroxylation sites is 1. The highest BCUT2D eigenvalue weighted by molar-refractivity contribution is 7.89. The minimum Gasteiger partial charge on any atom is -0.484 e. The number of carbonyl (C=O) groups excluding carboxylic acids is 2. The van der Waals surface area contributed by atoms with Gasteiger partial charge < -0.3 is 19.5 Å². The number of nitrogens with one attached hydrogen (secondary N) is 1. The molecule has 10 heteroatoms. The first-order valence-electron chi connectivity index (χ1n) is 9.20. The van der Waals surface area contributed by atoms with Crippen molar-refractivity contribution in [3.8, 4) is 5.75 Å². The fourth-order valence-electron chi connectivity index (χ4n) is 2.86. The Balaban J connectivity index is 1.59. The van der Waals surface area contributed by atoms with Crippen LogP contribution in [0.1, 0.15) is 10.4 Å². The Morgan fingerprint density at radius 1 is 1.07 bits per heavy atom. The normalized spacial score (nSPS) is 14.7. The summed E-state index contributed by atoms with van der Waals surface area (Å²) in [4.78, 5) is 24.1. The van der Waals surface area contributed by atoms with Crippen molar-refractivity contribution in [1.82, 2.24) is 4.31 Å². The molecule has 0 spiro atoms. The molecule has 1 fully saturated rings. The number of methoxy groups -OCH3 is 1. The number of amides is 1. The summed E-state index contributed by atoms with van der Waals surface area (Å²) < 4.78 is 41.9. The van der Waals surface area contributed by atoms with Crippen molar-refractivity contribution in [2.24, 2.45) is 0 Å². The van der Waals surface area contributed by atoms with Crippen LogP contribution in [0.2, 0.25) is 0 Å². The summed E-state index contributed by atoms with van der Waals surface area (Å²) in [7, 11) is -2.33. The van der Waals surface area contributed by atoms with Gasteiger partial charge in [-0.25, -0.2) is 13.2 Å². The second kappa shape index (κ2) is 9.70. The Hall–Kier alpha value is -2.95. The highest BCUT2D eigenvalue weighted by Crippen LogP contribution is 2.21. The lowest BCUT2D eigenvalue weighted by molar-refractivity contribution is -0.118. The molecule has 0 radical (unpaired) electrons. The van der Waals surface area contributed by atoms with Crippen molar-refractivity contribution < 1.29 is 32.2 Å². The van der Waals surface area contributed by atoms with Crippen LogP contribution >= 0.6 is 0 Å². The van der Waals surface area contributed by atoms with Gasteiger partial charge >= 0.3 is 5.97 Å². The standard InChI is InChI=1S/C20H22N2O7S/c1-27-20(24)17-4-2-3-5-18(17)21-19(23)14-29-15-6-8-16(9-7-15)30(25,26)22-10-12-28-13-11-22/h2-9H,10-14H2,1H3,(H,21,23). The van der Waals surface area contributed by atoms with Gasteiger partial charge in [0.05, 0.1) is 36.5 Å².